The summed E-state index contributed by atoms with van der Waals surface area (Å²) in [6, 6.07) is 0. The lowest BCUT2D eigenvalue weighted by atomic mass is 10.4. The van der Waals surface area contributed by atoms with E-state index < -0.39 is 0 Å². The molecule has 0 aromatic carbocycles. The summed E-state index contributed by atoms with van der Waals surface area (Å²) in [6.07, 6.45) is 1.76. The van der Waals surface area contributed by atoms with Gasteiger partial charge in [0.2, 0.25) is 5.91 Å². The fourth-order valence-corrected chi connectivity index (χ4v) is 0.991. The van der Waals surface area contributed by atoms with Crippen molar-refractivity contribution in [1.82, 2.24) is 9.78 Å². The number of amides is 1. The van der Waals surface area contributed by atoms with Gasteiger partial charge < -0.3 is 5.32 Å². The number of aryl methyl sites for hydroxylation is 2. The number of nitrogens with zero attached hydrogens (tertiary/aromatic N) is 2. The standard InChI is InChI=1S/C7H11N3OS/c1-5-6(3-10(2)9-5)8-7(11)4-12/h3,12H,4H2,1-2H3,(H,8,11). The van der Waals surface area contributed by atoms with E-state index in [9.17, 15) is 4.79 Å². The Morgan fingerprint density at radius 3 is 2.92 bits per heavy atom. The molecule has 0 aliphatic carbocycles. The molecule has 1 N–H and O–H groups in total. The van der Waals surface area contributed by atoms with Crippen molar-refractivity contribution < 1.29 is 4.79 Å². The predicted molar refractivity (Wildman–Crippen MR) is 50.4 cm³/mol. The number of hydrogen-bond donors (Lipinski definition) is 2. The van der Waals surface area contributed by atoms with Gasteiger partial charge in [0, 0.05) is 13.2 Å². The van der Waals surface area contributed by atoms with Crippen molar-refractivity contribution in [3.8, 4) is 0 Å². The van der Waals surface area contributed by atoms with Gasteiger partial charge in [0.25, 0.3) is 0 Å². The first-order chi connectivity index (χ1) is 5.63. The summed E-state index contributed by atoms with van der Waals surface area (Å²) in [7, 11) is 1.81. The van der Waals surface area contributed by atoms with E-state index in [4.69, 9.17) is 0 Å². The van der Waals surface area contributed by atoms with E-state index in [2.05, 4.69) is 23.0 Å². The van der Waals surface area contributed by atoms with Gasteiger partial charge in [-0.3, -0.25) is 9.48 Å². The Balaban J connectivity index is 2.75. The zero-order valence-corrected chi connectivity index (χ0v) is 7.93. The molecule has 0 radical (unpaired) electrons. The van der Waals surface area contributed by atoms with Gasteiger partial charge in [-0.05, 0) is 6.92 Å². The van der Waals surface area contributed by atoms with Crippen LogP contribution < -0.4 is 5.32 Å². The van der Waals surface area contributed by atoms with Crippen LogP contribution in [0.1, 0.15) is 5.69 Å². The van der Waals surface area contributed by atoms with Crippen LogP contribution >= 0.6 is 12.6 Å². The second-order valence-corrected chi connectivity index (χ2v) is 2.82. The molecule has 0 bridgehead atoms. The minimum Gasteiger partial charge on any atom is -0.322 e. The van der Waals surface area contributed by atoms with Gasteiger partial charge in [-0.2, -0.15) is 17.7 Å². The predicted octanol–water partition coefficient (Wildman–Crippen LogP) is 0.597. The van der Waals surface area contributed by atoms with Crippen LogP contribution in [0.3, 0.4) is 0 Å². The third kappa shape index (κ3) is 2.01. The molecule has 0 unspecified atom stereocenters. The van der Waals surface area contributed by atoms with Crippen LogP contribution in [0.2, 0.25) is 0 Å². The van der Waals surface area contributed by atoms with Crippen LogP contribution in [-0.4, -0.2) is 21.4 Å². The fourth-order valence-electron chi connectivity index (χ4n) is 0.912. The molecule has 1 aromatic heterocycles. The first kappa shape index (κ1) is 9.12. The normalized spacial score (nSPS) is 9.92. The molecular formula is C7H11N3OS. The van der Waals surface area contributed by atoms with Gasteiger partial charge in [-0.15, -0.1) is 0 Å². The van der Waals surface area contributed by atoms with Gasteiger partial charge in [-0.1, -0.05) is 0 Å². The number of carbonyl (C=O) groups excluding carboxylic acids is 1. The topological polar surface area (TPSA) is 46.9 Å². The maximum Gasteiger partial charge on any atom is 0.234 e. The molecule has 0 saturated carbocycles. The van der Waals surface area contributed by atoms with Gasteiger partial charge in [0.1, 0.15) is 0 Å². The molecule has 0 fully saturated rings. The van der Waals surface area contributed by atoms with Crippen molar-refractivity contribution >= 4 is 24.2 Å². The van der Waals surface area contributed by atoms with Crippen molar-refractivity contribution in [2.45, 2.75) is 6.92 Å². The number of thiol groups is 1. The Hall–Kier alpha value is -0.970. The van der Waals surface area contributed by atoms with Gasteiger partial charge in [-0.25, -0.2) is 0 Å². The quantitative estimate of drug-likeness (QED) is 0.663. The zero-order valence-electron chi connectivity index (χ0n) is 7.03. The summed E-state index contributed by atoms with van der Waals surface area (Å²) in [5, 5.41) is 6.76. The summed E-state index contributed by atoms with van der Waals surface area (Å²) in [6.45, 7) is 1.84. The molecule has 5 heteroatoms. The molecule has 0 saturated heterocycles. The molecule has 0 atom stereocenters. The average Bonchev–Trinajstić information content (AvgIpc) is 2.30. The van der Waals surface area contributed by atoms with Crippen LogP contribution in [0.5, 0.6) is 0 Å². The average molecular weight is 185 g/mol. The summed E-state index contributed by atoms with van der Waals surface area (Å²) in [5.41, 5.74) is 1.56. The molecule has 0 spiro atoms. The number of aromatic nitrogens is 2. The molecule has 12 heavy (non-hydrogen) atoms. The summed E-state index contributed by atoms with van der Waals surface area (Å²) >= 11 is 3.85. The lowest BCUT2D eigenvalue weighted by Crippen LogP contribution is -2.12. The Morgan fingerprint density at radius 1 is 1.83 bits per heavy atom. The van der Waals surface area contributed by atoms with Gasteiger partial charge in [0.15, 0.2) is 0 Å². The molecule has 0 aliphatic rings. The third-order valence-corrected chi connectivity index (χ3v) is 1.72. The second kappa shape index (κ2) is 3.62. The van der Waals surface area contributed by atoms with Crippen LogP contribution in [-0.2, 0) is 11.8 Å². The van der Waals surface area contributed by atoms with Crippen LogP contribution in [0.15, 0.2) is 6.20 Å². The Kier molecular flexibility index (Phi) is 2.75. The Bertz CT molecular complexity index is 295. The third-order valence-electron chi connectivity index (χ3n) is 1.43. The van der Waals surface area contributed by atoms with Crippen molar-refractivity contribution in [2.75, 3.05) is 11.1 Å². The molecule has 1 amide bonds. The smallest absolute Gasteiger partial charge is 0.234 e. The van der Waals surface area contributed by atoms with Crippen LogP contribution in [0.25, 0.3) is 0 Å². The van der Waals surface area contributed by atoms with E-state index in [1.54, 1.807) is 10.9 Å². The SMILES string of the molecule is Cc1nn(C)cc1NC(=O)CS. The van der Waals surface area contributed by atoms with E-state index in [1.165, 1.54) is 0 Å². The minimum atomic E-state index is -0.116. The molecule has 1 heterocycles. The van der Waals surface area contributed by atoms with E-state index in [-0.39, 0.29) is 11.7 Å². The zero-order chi connectivity index (χ0) is 9.14. The largest absolute Gasteiger partial charge is 0.322 e. The van der Waals surface area contributed by atoms with Gasteiger partial charge in [0.05, 0.1) is 17.1 Å². The number of nitrogens with one attached hydrogen (secondary N) is 1. The maximum atomic E-state index is 10.9. The number of rotatable bonds is 2. The van der Waals surface area contributed by atoms with Crippen LogP contribution in [0.4, 0.5) is 5.69 Å². The van der Waals surface area contributed by atoms with Crippen molar-refractivity contribution in [3.05, 3.63) is 11.9 Å². The number of carbonyl (C=O) groups is 1. The fraction of sp³-hybridized carbons (Fsp3) is 0.429. The molecule has 1 aromatic rings. The van der Waals surface area contributed by atoms with Crippen molar-refractivity contribution in [1.29, 1.82) is 0 Å². The second-order valence-electron chi connectivity index (χ2n) is 2.51. The first-order valence-corrected chi connectivity index (χ1v) is 4.17. The highest BCUT2D eigenvalue weighted by Crippen LogP contribution is 2.10. The molecule has 4 nitrogen and oxygen atoms in total. The Labute approximate surface area is 76.4 Å². The number of hydrogen-bond acceptors (Lipinski definition) is 3. The Morgan fingerprint density at radius 2 is 2.50 bits per heavy atom. The molecule has 1 rings (SSSR count). The highest BCUT2D eigenvalue weighted by molar-refractivity contribution is 7.81. The van der Waals surface area contributed by atoms with Crippen molar-refractivity contribution in [3.63, 3.8) is 0 Å². The van der Waals surface area contributed by atoms with Crippen LogP contribution in [0, 0.1) is 6.92 Å². The van der Waals surface area contributed by atoms with E-state index in [0.29, 0.717) is 0 Å². The maximum absolute atomic E-state index is 10.9. The summed E-state index contributed by atoms with van der Waals surface area (Å²) in [4.78, 5) is 10.9. The monoisotopic (exact) mass is 185 g/mol. The lowest BCUT2D eigenvalue weighted by Gasteiger charge is -1.98. The van der Waals surface area contributed by atoms with Gasteiger partial charge >= 0.3 is 0 Å². The molecular weight excluding hydrogens is 174 g/mol. The van der Waals surface area contributed by atoms with E-state index in [0.717, 1.165) is 11.4 Å². The van der Waals surface area contributed by atoms with E-state index in [1.807, 2.05) is 14.0 Å². The van der Waals surface area contributed by atoms with E-state index >= 15 is 0 Å². The first-order valence-electron chi connectivity index (χ1n) is 3.54. The molecule has 0 aliphatic heterocycles. The van der Waals surface area contributed by atoms with Crippen molar-refractivity contribution in [2.24, 2.45) is 7.05 Å². The summed E-state index contributed by atoms with van der Waals surface area (Å²) < 4.78 is 1.66. The minimum absolute atomic E-state index is 0.116. The highest BCUT2D eigenvalue weighted by Gasteiger charge is 2.04. The number of anilines is 1. The lowest BCUT2D eigenvalue weighted by molar-refractivity contribution is -0.113. The molecule has 66 valence electrons. The highest BCUT2D eigenvalue weighted by atomic mass is 32.1. The summed E-state index contributed by atoms with van der Waals surface area (Å²) in [5.74, 6) is 0.0726.